The summed E-state index contributed by atoms with van der Waals surface area (Å²) in [5.74, 6) is -0.180. The van der Waals surface area contributed by atoms with E-state index >= 15 is 0 Å². The minimum absolute atomic E-state index is 0.180. The number of rotatable bonds is 43. The van der Waals surface area contributed by atoms with E-state index in [2.05, 4.69) is 43.5 Å². The molecule has 0 aliphatic carbocycles. The minimum atomic E-state index is -1.56. The number of allylic oxidation sites excluding steroid dienone is 5. The zero-order valence-corrected chi connectivity index (χ0v) is 39.4. The van der Waals surface area contributed by atoms with E-state index in [1.165, 1.54) is 167 Å². The number of ether oxygens (including phenoxy) is 2. The second-order valence-corrected chi connectivity index (χ2v) is 18.0. The van der Waals surface area contributed by atoms with Crippen molar-refractivity contribution >= 4 is 5.91 Å². The second-order valence-electron chi connectivity index (χ2n) is 18.0. The summed E-state index contributed by atoms with van der Waals surface area (Å²) in [6, 6.07) is -0.802. The van der Waals surface area contributed by atoms with Crippen molar-refractivity contribution in [3.8, 4) is 0 Å². The monoisotopic (exact) mass is 864 g/mol. The highest BCUT2D eigenvalue weighted by Crippen LogP contribution is 2.23. The summed E-state index contributed by atoms with van der Waals surface area (Å²) in [4.78, 5) is 12.9. The van der Waals surface area contributed by atoms with E-state index in [4.69, 9.17) is 9.47 Å². The van der Waals surface area contributed by atoms with E-state index in [0.29, 0.717) is 6.42 Å². The lowest BCUT2D eigenvalue weighted by molar-refractivity contribution is -0.302. The summed E-state index contributed by atoms with van der Waals surface area (Å²) in [7, 11) is 0. The van der Waals surface area contributed by atoms with Crippen molar-refractivity contribution in [3.05, 3.63) is 36.5 Å². The Bertz CT molecular complexity index is 1050. The average Bonchev–Trinajstić information content (AvgIpc) is 3.26. The summed E-state index contributed by atoms with van der Waals surface area (Å²) in [5.41, 5.74) is 0. The lowest BCUT2D eigenvalue weighted by Crippen LogP contribution is -2.60. The predicted octanol–water partition coefficient (Wildman–Crippen LogP) is 11.6. The number of hydrogen-bond acceptors (Lipinski definition) is 8. The molecule has 0 aromatic carbocycles. The van der Waals surface area contributed by atoms with Gasteiger partial charge in [-0.15, -0.1) is 0 Å². The second kappa shape index (κ2) is 42.4. The van der Waals surface area contributed by atoms with Gasteiger partial charge in [0.1, 0.15) is 24.4 Å². The van der Waals surface area contributed by atoms with Crippen LogP contribution in [-0.2, 0) is 14.3 Å². The number of aliphatic hydroxyl groups is 5. The first-order valence-corrected chi connectivity index (χ1v) is 25.7. The quantitative estimate of drug-likeness (QED) is 0.0262. The summed E-state index contributed by atoms with van der Waals surface area (Å²) in [6.07, 6.45) is 46.5. The van der Waals surface area contributed by atoms with E-state index in [0.717, 1.165) is 44.9 Å². The molecule has 0 saturated carbocycles. The molecular formula is C52H97NO8. The standard InChI is InChI=1S/C52H97NO8/c1-3-5-7-9-11-13-14-15-16-17-18-19-20-21-22-23-24-25-26-27-28-29-30-31-32-34-36-38-40-42-48(56)53-45(46(55)41-39-37-35-33-12-10-8-6-4-2)44-60-52-51(59)50(58)49(57)47(43-54)61-52/h18-19,21-22,39,41,45-47,49-52,54-55,57-59H,3-17,20,23-38,40,42-44H2,1-2H3,(H,53,56)/b19-18-,22-21-,41-39+. The molecule has 1 aliphatic rings. The van der Waals surface area contributed by atoms with Crippen LogP contribution in [0.25, 0.3) is 0 Å². The molecule has 1 fully saturated rings. The molecule has 6 N–H and O–H groups in total. The van der Waals surface area contributed by atoms with Crippen molar-refractivity contribution in [2.24, 2.45) is 0 Å². The fraction of sp³-hybridized carbons (Fsp3) is 0.865. The van der Waals surface area contributed by atoms with Gasteiger partial charge < -0.3 is 40.3 Å². The van der Waals surface area contributed by atoms with Gasteiger partial charge in [-0.1, -0.05) is 211 Å². The van der Waals surface area contributed by atoms with Crippen LogP contribution in [0.2, 0.25) is 0 Å². The van der Waals surface area contributed by atoms with Gasteiger partial charge in [0.15, 0.2) is 6.29 Å². The van der Waals surface area contributed by atoms with Crippen LogP contribution in [0.15, 0.2) is 36.5 Å². The zero-order chi connectivity index (χ0) is 44.4. The Kier molecular flexibility index (Phi) is 39.9. The van der Waals surface area contributed by atoms with E-state index in [9.17, 15) is 30.3 Å². The molecule has 7 unspecified atom stereocenters. The maximum Gasteiger partial charge on any atom is 0.220 e. The molecule has 1 aliphatic heterocycles. The molecule has 358 valence electrons. The lowest BCUT2D eigenvalue weighted by Gasteiger charge is -2.40. The molecule has 1 heterocycles. The van der Waals surface area contributed by atoms with Crippen LogP contribution in [0.5, 0.6) is 0 Å². The molecule has 0 spiro atoms. The van der Waals surface area contributed by atoms with Gasteiger partial charge >= 0.3 is 0 Å². The predicted molar refractivity (Wildman–Crippen MR) is 253 cm³/mol. The molecule has 1 rings (SSSR count). The fourth-order valence-electron chi connectivity index (χ4n) is 8.07. The first kappa shape index (κ1) is 57.4. The maximum absolute atomic E-state index is 12.9. The molecule has 61 heavy (non-hydrogen) atoms. The van der Waals surface area contributed by atoms with Crippen LogP contribution in [0.3, 0.4) is 0 Å². The molecule has 7 atom stereocenters. The van der Waals surface area contributed by atoms with E-state index in [1.807, 2.05) is 6.08 Å². The first-order valence-electron chi connectivity index (χ1n) is 25.7. The zero-order valence-electron chi connectivity index (χ0n) is 39.4. The molecular weight excluding hydrogens is 767 g/mol. The van der Waals surface area contributed by atoms with Gasteiger partial charge in [-0.2, -0.15) is 0 Å². The Hall–Kier alpha value is -1.59. The molecule has 0 radical (unpaired) electrons. The number of hydrogen-bond donors (Lipinski definition) is 6. The number of aliphatic hydroxyl groups excluding tert-OH is 5. The summed E-state index contributed by atoms with van der Waals surface area (Å²) in [6.45, 7) is 3.74. The normalized spacial score (nSPS) is 20.7. The summed E-state index contributed by atoms with van der Waals surface area (Å²) in [5, 5.41) is 54.1. The van der Waals surface area contributed by atoms with Crippen molar-refractivity contribution in [1.82, 2.24) is 5.32 Å². The SMILES string of the molecule is CCCCCCCCC/C=C/C(O)C(COC1OC(CO)C(O)C(O)C1O)NC(=O)CCCCCCCCCCCCCCC/C=C\C/C=C\CCCCCCCCCCC. The van der Waals surface area contributed by atoms with Gasteiger partial charge in [-0.05, 0) is 51.4 Å². The van der Waals surface area contributed by atoms with Crippen molar-refractivity contribution in [2.45, 2.75) is 275 Å². The molecule has 9 heteroatoms. The molecule has 1 amide bonds. The van der Waals surface area contributed by atoms with Crippen LogP contribution < -0.4 is 5.32 Å². The Balaban J connectivity index is 2.14. The van der Waals surface area contributed by atoms with Crippen molar-refractivity contribution in [3.63, 3.8) is 0 Å². The molecule has 0 aromatic heterocycles. The van der Waals surface area contributed by atoms with Gasteiger partial charge in [0.25, 0.3) is 0 Å². The van der Waals surface area contributed by atoms with Crippen LogP contribution in [0.1, 0.15) is 232 Å². The van der Waals surface area contributed by atoms with E-state index in [1.54, 1.807) is 6.08 Å². The first-order chi connectivity index (χ1) is 29.8. The van der Waals surface area contributed by atoms with Gasteiger partial charge in [-0.25, -0.2) is 0 Å². The largest absolute Gasteiger partial charge is 0.394 e. The number of carbonyl (C=O) groups is 1. The van der Waals surface area contributed by atoms with Crippen molar-refractivity contribution < 1.29 is 39.8 Å². The Morgan fingerprint density at radius 3 is 1.41 bits per heavy atom. The third-order valence-electron chi connectivity index (χ3n) is 12.2. The van der Waals surface area contributed by atoms with Crippen LogP contribution in [-0.4, -0.2) is 87.5 Å². The highest BCUT2D eigenvalue weighted by molar-refractivity contribution is 5.76. The molecule has 0 aromatic rings. The fourth-order valence-corrected chi connectivity index (χ4v) is 8.07. The smallest absolute Gasteiger partial charge is 0.220 e. The number of carbonyl (C=O) groups excluding carboxylic acids is 1. The molecule has 0 bridgehead atoms. The highest BCUT2D eigenvalue weighted by atomic mass is 16.7. The van der Waals surface area contributed by atoms with Gasteiger partial charge in [-0.3, -0.25) is 4.79 Å². The lowest BCUT2D eigenvalue weighted by atomic mass is 9.99. The third kappa shape index (κ3) is 32.7. The number of unbranched alkanes of at least 4 members (excludes halogenated alkanes) is 29. The Morgan fingerprint density at radius 1 is 0.557 bits per heavy atom. The maximum atomic E-state index is 12.9. The summed E-state index contributed by atoms with van der Waals surface area (Å²) >= 11 is 0. The van der Waals surface area contributed by atoms with Crippen LogP contribution >= 0.6 is 0 Å². The Labute approximate surface area is 374 Å². The van der Waals surface area contributed by atoms with E-state index in [-0.39, 0.29) is 12.5 Å². The topological polar surface area (TPSA) is 149 Å². The Morgan fingerprint density at radius 2 is 0.967 bits per heavy atom. The van der Waals surface area contributed by atoms with E-state index < -0.39 is 49.5 Å². The van der Waals surface area contributed by atoms with Crippen molar-refractivity contribution in [2.75, 3.05) is 13.2 Å². The van der Waals surface area contributed by atoms with Crippen LogP contribution in [0.4, 0.5) is 0 Å². The number of nitrogens with one attached hydrogen (secondary N) is 1. The molecule has 1 saturated heterocycles. The van der Waals surface area contributed by atoms with Gasteiger partial charge in [0.05, 0.1) is 25.4 Å². The third-order valence-corrected chi connectivity index (χ3v) is 12.2. The van der Waals surface area contributed by atoms with Gasteiger partial charge in [0, 0.05) is 6.42 Å². The highest BCUT2D eigenvalue weighted by Gasteiger charge is 2.44. The number of amides is 1. The van der Waals surface area contributed by atoms with Crippen molar-refractivity contribution in [1.29, 1.82) is 0 Å². The molecule has 9 nitrogen and oxygen atoms in total. The summed E-state index contributed by atoms with van der Waals surface area (Å²) < 4.78 is 11.2. The van der Waals surface area contributed by atoms with Gasteiger partial charge in [0.2, 0.25) is 5.91 Å². The minimum Gasteiger partial charge on any atom is -0.394 e. The average molecular weight is 864 g/mol. The van der Waals surface area contributed by atoms with Crippen LogP contribution in [0, 0.1) is 0 Å².